The van der Waals surface area contributed by atoms with Gasteiger partial charge in [0.1, 0.15) is 11.3 Å². The van der Waals surface area contributed by atoms with Crippen molar-refractivity contribution in [3.63, 3.8) is 0 Å². The summed E-state index contributed by atoms with van der Waals surface area (Å²) in [6.45, 7) is 4.32. The Labute approximate surface area is 139 Å². The average molecular weight is 329 g/mol. The van der Waals surface area contributed by atoms with E-state index in [1.165, 1.54) is 0 Å². The number of aromatic nitrogens is 2. The van der Waals surface area contributed by atoms with Crippen molar-refractivity contribution in [3.8, 4) is 5.75 Å². The largest absolute Gasteiger partial charge is 0.497 e. The van der Waals surface area contributed by atoms with Gasteiger partial charge < -0.3 is 19.0 Å². The van der Waals surface area contributed by atoms with E-state index in [-0.39, 0.29) is 18.2 Å². The zero-order valence-electron chi connectivity index (χ0n) is 13.8. The lowest BCUT2D eigenvalue weighted by Gasteiger charge is -1.98. The molecule has 0 saturated carbocycles. The molecule has 126 valence electrons. The van der Waals surface area contributed by atoms with E-state index in [2.05, 4.69) is 29.3 Å². The highest BCUT2D eigenvalue weighted by atomic mass is 16.5. The highest BCUT2D eigenvalue weighted by Crippen LogP contribution is 2.21. The number of carbonyl (C=O) groups is 1. The number of nitrogens with one attached hydrogen (secondary N) is 1. The number of nitrogens with zero attached hydrogens (tertiary/aromatic N) is 2. The van der Waals surface area contributed by atoms with Gasteiger partial charge >= 0.3 is 0 Å². The third-order valence-electron chi connectivity index (χ3n) is 3.44. The first-order chi connectivity index (χ1) is 11.5. The number of hydrogen-bond acceptors (Lipinski definition) is 6. The number of fused-ring (bicyclic) bond motifs is 1. The van der Waals surface area contributed by atoms with Gasteiger partial charge in [0, 0.05) is 12.1 Å². The minimum absolute atomic E-state index is 0.163. The van der Waals surface area contributed by atoms with E-state index in [1.807, 2.05) is 0 Å². The van der Waals surface area contributed by atoms with Gasteiger partial charge in [-0.3, -0.25) is 4.79 Å². The Morgan fingerprint density at radius 2 is 2.17 bits per heavy atom. The van der Waals surface area contributed by atoms with Crippen LogP contribution in [0.15, 0.2) is 33.2 Å². The van der Waals surface area contributed by atoms with Crippen molar-refractivity contribution in [2.75, 3.05) is 7.11 Å². The van der Waals surface area contributed by atoms with Crippen LogP contribution in [0.3, 0.4) is 0 Å². The highest BCUT2D eigenvalue weighted by molar-refractivity contribution is 5.91. The summed E-state index contributed by atoms with van der Waals surface area (Å²) < 4.78 is 15.8. The number of hydrogen-bond donors (Lipinski definition) is 1. The zero-order valence-corrected chi connectivity index (χ0v) is 13.8. The molecule has 3 aromatic rings. The fourth-order valence-corrected chi connectivity index (χ4v) is 2.33. The first-order valence-electron chi connectivity index (χ1n) is 7.72. The zero-order chi connectivity index (χ0) is 17.1. The molecule has 7 nitrogen and oxygen atoms in total. The molecule has 2 aromatic heterocycles. The van der Waals surface area contributed by atoms with Crippen molar-refractivity contribution < 1.29 is 18.5 Å². The van der Waals surface area contributed by atoms with Crippen LogP contribution in [-0.4, -0.2) is 23.2 Å². The monoisotopic (exact) mass is 329 g/mol. The molecule has 0 aliphatic carbocycles. The molecule has 1 amide bonds. The van der Waals surface area contributed by atoms with Crippen molar-refractivity contribution in [2.45, 2.75) is 26.8 Å². The number of rotatable bonds is 6. The summed E-state index contributed by atoms with van der Waals surface area (Å²) >= 11 is 0. The minimum Gasteiger partial charge on any atom is -0.497 e. The van der Waals surface area contributed by atoms with Crippen molar-refractivity contribution in [3.05, 3.63) is 41.6 Å². The molecule has 0 radical (unpaired) electrons. The molecule has 0 unspecified atom stereocenters. The van der Waals surface area contributed by atoms with Crippen molar-refractivity contribution in [2.24, 2.45) is 5.92 Å². The third kappa shape index (κ3) is 3.56. The lowest BCUT2D eigenvalue weighted by Crippen LogP contribution is -2.22. The van der Waals surface area contributed by atoms with E-state index in [0.717, 1.165) is 12.1 Å². The van der Waals surface area contributed by atoms with Crippen LogP contribution < -0.4 is 10.1 Å². The Morgan fingerprint density at radius 3 is 2.92 bits per heavy atom. The maximum atomic E-state index is 12.1. The highest BCUT2D eigenvalue weighted by Gasteiger charge is 2.15. The Bertz CT molecular complexity index is 851. The number of ether oxygens (including phenoxy) is 1. The molecule has 0 spiro atoms. The van der Waals surface area contributed by atoms with Crippen LogP contribution in [0.5, 0.6) is 5.75 Å². The second-order valence-electron chi connectivity index (χ2n) is 5.90. The molecule has 2 heterocycles. The van der Waals surface area contributed by atoms with Crippen molar-refractivity contribution in [1.82, 2.24) is 15.5 Å². The van der Waals surface area contributed by atoms with Crippen LogP contribution >= 0.6 is 0 Å². The Kier molecular flexibility index (Phi) is 4.50. The molecule has 7 heteroatoms. The second kappa shape index (κ2) is 6.74. The summed E-state index contributed by atoms with van der Waals surface area (Å²) in [5.74, 6) is 1.39. The average Bonchev–Trinajstić information content (AvgIpc) is 3.17. The molecular weight excluding hydrogens is 310 g/mol. The summed E-state index contributed by atoms with van der Waals surface area (Å²) in [6, 6.07) is 7.01. The van der Waals surface area contributed by atoms with Gasteiger partial charge in [-0.15, -0.1) is 0 Å². The maximum Gasteiger partial charge on any atom is 0.290 e. The van der Waals surface area contributed by atoms with E-state index in [9.17, 15) is 4.79 Å². The molecular formula is C17H19N3O4. The van der Waals surface area contributed by atoms with Gasteiger partial charge in [-0.2, -0.15) is 0 Å². The van der Waals surface area contributed by atoms with Gasteiger partial charge in [-0.25, -0.2) is 4.98 Å². The lowest BCUT2D eigenvalue weighted by atomic mass is 10.1. The molecule has 0 fully saturated rings. The van der Waals surface area contributed by atoms with Gasteiger partial charge in [0.25, 0.3) is 5.91 Å². The van der Waals surface area contributed by atoms with Crippen LogP contribution in [-0.2, 0) is 13.0 Å². The summed E-state index contributed by atoms with van der Waals surface area (Å²) in [5.41, 5.74) is 2.08. The number of methoxy groups -OCH3 is 1. The molecule has 0 saturated heterocycles. The van der Waals surface area contributed by atoms with Crippen LogP contribution in [0.25, 0.3) is 11.1 Å². The topological polar surface area (TPSA) is 90.4 Å². The number of benzene rings is 1. The predicted molar refractivity (Wildman–Crippen MR) is 86.8 cm³/mol. The molecule has 0 bridgehead atoms. The van der Waals surface area contributed by atoms with E-state index >= 15 is 0 Å². The maximum absolute atomic E-state index is 12.1. The van der Waals surface area contributed by atoms with Crippen molar-refractivity contribution >= 4 is 17.0 Å². The third-order valence-corrected chi connectivity index (χ3v) is 3.44. The van der Waals surface area contributed by atoms with E-state index in [4.69, 9.17) is 13.7 Å². The molecule has 0 aliphatic rings. The summed E-state index contributed by atoms with van der Waals surface area (Å²) in [6.07, 6.45) is 0.768. The molecule has 3 rings (SSSR count). The van der Waals surface area contributed by atoms with Gasteiger partial charge in [-0.05, 0) is 24.5 Å². The molecule has 1 aromatic carbocycles. The Balaban J connectivity index is 1.64. The van der Waals surface area contributed by atoms with Crippen LogP contribution in [0, 0.1) is 5.92 Å². The summed E-state index contributed by atoms with van der Waals surface area (Å²) in [4.78, 5) is 16.4. The fourth-order valence-electron chi connectivity index (χ4n) is 2.33. The normalized spacial score (nSPS) is 11.2. The second-order valence-corrected chi connectivity index (χ2v) is 5.90. The Morgan fingerprint density at radius 1 is 1.33 bits per heavy atom. The molecule has 0 atom stereocenters. The van der Waals surface area contributed by atoms with Crippen LogP contribution in [0.1, 0.15) is 36.0 Å². The van der Waals surface area contributed by atoms with Crippen molar-refractivity contribution in [1.29, 1.82) is 0 Å². The number of amides is 1. The number of oxazole rings is 1. The molecule has 0 aliphatic heterocycles. The summed E-state index contributed by atoms with van der Waals surface area (Å²) in [5, 5.41) is 6.61. The van der Waals surface area contributed by atoms with E-state index < -0.39 is 0 Å². The SMILES string of the molecule is COc1ccc2oc(CNC(=O)c3cc(CC(C)C)no3)nc2c1. The van der Waals surface area contributed by atoms with E-state index in [1.54, 1.807) is 31.4 Å². The van der Waals surface area contributed by atoms with Crippen LogP contribution in [0.2, 0.25) is 0 Å². The quantitative estimate of drug-likeness (QED) is 0.748. The lowest BCUT2D eigenvalue weighted by molar-refractivity contribution is 0.0910. The predicted octanol–water partition coefficient (Wildman–Crippen LogP) is 2.95. The standard InChI is InChI=1S/C17H19N3O4/c1-10(2)6-11-7-15(24-20-11)17(21)18-9-16-19-13-8-12(22-3)4-5-14(13)23-16/h4-5,7-8,10H,6,9H2,1-3H3,(H,18,21). The smallest absolute Gasteiger partial charge is 0.290 e. The molecule has 24 heavy (non-hydrogen) atoms. The van der Waals surface area contributed by atoms with Gasteiger partial charge in [0.05, 0.1) is 19.3 Å². The van der Waals surface area contributed by atoms with E-state index in [0.29, 0.717) is 28.7 Å². The fraction of sp³-hybridized carbons (Fsp3) is 0.353. The first-order valence-corrected chi connectivity index (χ1v) is 7.72. The summed E-state index contributed by atoms with van der Waals surface area (Å²) in [7, 11) is 1.59. The van der Waals surface area contributed by atoms with Gasteiger partial charge in [0.2, 0.25) is 11.7 Å². The van der Waals surface area contributed by atoms with Crippen LogP contribution in [0.4, 0.5) is 0 Å². The van der Waals surface area contributed by atoms with Gasteiger partial charge in [0.15, 0.2) is 5.58 Å². The van der Waals surface area contributed by atoms with Gasteiger partial charge in [-0.1, -0.05) is 19.0 Å². The minimum atomic E-state index is -0.350. The Hall–Kier alpha value is -2.83. The molecule has 1 N–H and O–H groups in total. The number of carbonyl (C=O) groups excluding carboxylic acids is 1. The first kappa shape index (κ1) is 16.0.